The third kappa shape index (κ3) is 20.5. The van der Waals surface area contributed by atoms with Gasteiger partial charge in [0.1, 0.15) is 0 Å². The number of nitrogens with zero attached hydrogens (tertiary/aromatic N) is 7. The maximum atomic E-state index is 13.1. The molecule has 4 aliphatic rings. The van der Waals surface area contributed by atoms with Gasteiger partial charge in [0.15, 0.2) is 0 Å². The number of hydrogen-bond acceptors (Lipinski definition) is 13. The minimum Gasteiger partial charge on any atom is -0.360 e. The van der Waals surface area contributed by atoms with Crippen LogP contribution in [0.15, 0.2) is 146 Å². The molecule has 93 heavy (non-hydrogen) atoms. The number of H-pyrrole nitrogens is 2. The number of para-hydroxylation sites is 2. The van der Waals surface area contributed by atoms with Crippen molar-refractivity contribution >= 4 is 108 Å². The molecule has 19 nitrogen and oxygen atoms in total. The predicted molar refractivity (Wildman–Crippen MR) is 384 cm³/mol. The van der Waals surface area contributed by atoms with Crippen molar-refractivity contribution in [2.24, 2.45) is 0 Å². The summed E-state index contributed by atoms with van der Waals surface area (Å²) in [5.41, 5.74) is 7.62. The van der Waals surface area contributed by atoms with E-state index in [2.05, 4.69) is 96.6 Å². The molecule has 0 spiro atoms. The Bertz CT molecular complexity index is 3790. The van der Waals surface area contributed by atoms with E-state index in [4.69, 9.17) is 33.2 Å². The topological polar surface area (TPSA) is 233 Å². The number of carbonyl (C=O) groups excluding carboxylic acids is 4. The molecule has 6 heterocycles. The largest absolute Gasteiger partial charge is 0.360 e. The zero-order chi connectivity index (χ0) is 63.5. The predicted octanol–water partition coefficient (Wildman–Crippen LogP) is 13.9. The van der Waals surface area contributed by atoms with Crippen LogP contribution in [0.5, 0.6) is 0 Å². The lowest BCUT2D eigenvalue weighted by molar-refractivity contribution is -0.112. The molecular formula is C71H88BrCl2N15O4. The number of aromatic nitrogens is 6. The number of piperazine rings is 1. The smallest absolute Gasteiger partial charge is 0.251 e. The molecule has 2 saturated carbocycles. The third-order valence-electron chi connectivity index (χ3n) is 16.9. The maximum Gasteiger partial charge on any atom is 0.251 e. The number of hydrogen-bond donors (Lipinski definition) is 8. The molecule has 22 heteroatoms. The molecule has 4 amide bonds. The summed E-state index contributed by atoms with van der Waals surface area (Å²) in [5, 5.41) is 22.6. The molecule has 2 saturated heterocycles. The second-order valence-electron chi connectivity index (χ2n) is 23.7. The van der Waals surface area contributed by atoms with Crippen LogP contribution in [-0.4, -0.2) is 158 Å². The van der Waals surface area contributed by atoms with Gasteiger partial charge in [-0.15, -0.1) is 0 Å². The summed E-state index contributed by atoms with van der Waals surface area (Å²) in [6.07, 6.45) is 25.2. The first kappa shape index (κ1) is 70.9. The van der Waals surface area contributed by atoms with E-state index in [-0.39, 0.29) is 62.6 Å². The number of fused-ring (bicyclic) bond motifs is 2. The molecule has 0 unspecified atom stereocenters. The van der Waals surface area contributed by atoms with Gasteiger partial charge in [-0.1, -0.05) is 109 Å². The average Bonchev–Trinajstić information content (AvgIpc) is 1.71. The van der Waals surface area contributed by atoms with Crippen molar-refractivity contribution in [2.45, 2.75) is 110 Å². The highest BCUT2D eigenvalue weighted by atomic mass is 79.9. The summed E-state index contributed by atoms with van der Waals surface area (Å²) >= 11 is 16.2. The summed E-state index contributed by atoms with van der Waals surface area (Å²) in [6, 6.07) is 30.2. The molecule has 4 atom stereocenters. The first-order valence-electron chi connectivity index (χ1n) is 31.4. The molecule has 12 rings (SSSR count). The maximum absolute atomic E-state index is 13.1. The molecule has 492 valence electrons. The molecular weight excluding hydrogens is 1280 g/mol. The molecule has 2 aliphatic carbocycles. The van der Waals surface area contributed by atoms with Gasteiger partial charge < -0.3 is 51.7 Å². The average molecular weight is 1370 g/mol. The monoisotopic (exact) mass is 1360 g/mol. The summed E-state index contributed by atoms with van der Waals surface area (Å²) in [4.78, 5) is 82.1. The highest BCUT2D eigenvalue weighted by molar-refractivity contribution is 9.09. The standard InChI is InChI=1S/C34H39ClN8O2.C29H28BrClN6O2.C6H13N.2CH4/c1-42-16-18-43(19-17-42)15-5-10-31(44)38-24-13-11-23(12-14-24)33(45)39-25-6-4-7-26(20-25)40-34-37-22-29(35)32(41-34)28-21-36-30-9-3-2-8-27(28)30;30-14-4-9-26(38)34-19-12-10-18(11-13-19)28(39)35-20-5-3-6-21(15-20)36-29-33-17-24(31)27(37-29)23-16-32-25-8-2-1-7-22(23)25;1-7-5-3-2-4-6-7;;/h2-3,5,8-14,21-22,25-26,36H,4,6-7,15-20H2,1H3,(H,38,44)(H,39,45)(H,37,40,41);1-2,4,7-13,16-17,20-21,32H,3,5-6,14-15H2,(H,34,38)(H,35,39)(H,33,36,37);2-6H2,1H3;2*1H4/b10-5+;9-4+;;;/t25-,26+;20-,21+;;;/m00.../s1. The second kappa shape index (κ2) is 35.3. The van der Waals surface area contributed by atoms with E-state index in [9.17, 15) is 19.2 Å². The first-order chi connectivity index (χ1) is 44.3. The Morgan fingerprint density at radius 1 is 0.548 bits per heavy atom. The second-order valence-corrected chi connectivity index (χ2v) is 25.2. The number of alkyl halides is 1. The SMILES string of the molecule is C.C.CN1CCCCC1.CN1CCN(C/C=C/C(=O)Nc2ccc(C(=O)N[C@H]3CCC[C@@H](Nc4ncc(Cl)c(-c5c[nH]c6ccccc56)n4)C3)cc2)CC1.O=C(/C=C/CBr)Nc1ccc(C(=O)N[C@H]2CCC[C@@H](Nc3ncc(Cl)c(-c4c[nH]c5ccccc45)n3)C2)cc1. The van der Waals surface area contributed by atoms with Crippen LogP contribution in [-0.2, 0) is 9.59 Å². The Morgan fingerprint density at radius 3 is 1.42 bits per heavy atom. The Kier molecular flexibility index (Phi) is 26.9. The van der Waals surface area contributed by atoms with Crippen molar-refractivity contribution in [2.75, 3.05) is 86.5 Å². The van der Waals surface area contributed by atoms with Crippen LogP contribution in [0.3, 0.4) is 0 Å². The van der Waals surface area contributed by atoms with Gasteiger partial charge in [0.2, 0.25) is 23.7 Å². The molecule has 8 N–H and O–H groups in total. The molecule has 4 aromatic carbocycles. The number of halogens is 3. The van der Waals surface area contributed by atoms with E-state index in [1.807, 2.05) is 67.0 Å². The van der Waals surface area contributed by atoms with Crippen LogP contribution >= 0.6 is 39.1 Å². The lowest BCUT2D eigenvalue weighted by Gasteiger charge is -2.31. The van der Waals surface area contributed by atoms with E-state index < -0.39 is 0 Å². The Morgan fingerprint density at radius 2 is 0.978 bits per heavy atom. The highest BCUT2D eigenvalue weighted by Gasteiger charge is 2.27. The van der Waals surface area contributed by atoms with Crippen LogP contribution in [0, 0.1) is 0 Å². The van der Waals surface area contributed by atoms with Crippen molar-refractivity contribution < 1.29 is 19.2 Å². The quantitative estimate of drug-likeness (QED) is 0.0313. The lowest BCUT2D eigenvalue weighted by Crippen LogP contribution is -2.44. The Hall–Kier alpha value is -7.98. The summed E-state index contributed by atoms with van der Waals surface area (Å²) in [5.74, 6) is 0.367. The molecule has 8 aromatic rings. The van der Waals surface area contributed by atoms with E-state index in [0.29, 0.717) is 61.2 Å². The summed E-state index contributed by atoms with van der Waals surface area (Å²) < 4.78 is 0. The Labute approximate surface area is 564 Å². The highest BCUT2D eigenvalue weighted by Crippen LogP contribution is 2.35. The number of benzene rings is 4. The third-order valence-corrected chi connectivity index (χ3v) is 17.8. The van der Waals surface area contributed by atoms with Crippen molar-refractivity contribution in [1.82, 2.24) is 55.2 Å². The van der Waals surface area contributed by atoms with Crippen LogP contribution in [0.25, 0.3) is 44.3 Å². The zero-order valence-corrected chi connectivity index (χ0v) is 54.6. The van der Waals surface area contributed by atoms with E-state index >= 15 is 0 Å². The summed E-state index contributed by atoms with van der Waals surface area (Å²) in [7, 11) is 4.32. The van der Waals surface area contributed by atoms with Gasteiger partial charge in [0, 0.05) is 142 Å². The van der Waals surface area contributed by atoms with Crippen LogP contribution < -0.4 is 31.9 Å². The molecule has 2 aliphatic heterocycles. The van der Waals surface area contributed by atoms with Crippen LogP contribution in [0.4, 0.5) is 23.3 Å². The lowest BCUT2D eigenvalue weighted by atomic mass is 9.91. The minimum absolute atomic E-state index is 0. The van der Waals surface area contributed by atoms with Gasteiger partial charge in [-0.3, -0.25) is 24.1 Å². The van der Waals surface area contributed by atoms with Crippen molar-refractivity contribution in [3.63, 3.8) is 0 Å². The summed E-state index contributed by atoms with van der Waals surface area (Å²) in [6.45, 7) is 7.51. The number of piperidine rings is 1. The zero-order valence-electron chi connectivity index (χ0n) is 51.5. The van der Waals surface area contributed by atoms with Gasteiger partial charge in [0.05, 0.1) is 33.8 Å². The number of aromatic amines is 2. The van der Waals surface area contributed by atoms with Gasteiger partial charge >= 0.3 is 0 Å². The van der Waals surface area contributed by atoms with E-state index in [1.54, 1.807) is 73.1 Å². The van der Waals surface area contributed by atoms with Gasteiger partial charge in [-0.2, -0.15) is 0 Å². The number of allylic oxidation sites excluding steroid dienone is 1. The molecule has 4 aromatic heterocycles. The van der Waals surface area contributed by atoms with Gasteiger partial charge in [-0.25, -0.2) is 19.9 Å². The van der Waals surface area contributed by atoms with Crippen LogP contribution in [0.2, 0.25) is 10.0 Å². The number of likely N-dealkylation sites (tertiary alicyclic amines) is 1. The number of likely N-dealkylation sites (N-methyl/N-ethyl adjacent to an activating group) is 1. The first-order valence-corrected chi connectivity index (χ1v) is 33.3. The Balaban J connectivity index is 0.000000213. The molecule has 0 radical (unpaired) electrons. The van der Waals surface area contributed by atoms with Crippen molar-refractivity contribution in [3.8, 4) is 22.5 Å². The van der Waals surface area contributed by atoms with Gasteiger partial charge in [0.25, 0.3) is 11.8 Å². The van der Waals surface area contributed by atoms with E-state index in [0.717, 1.165) is 117 Å². The number of amides is 4. The normalized spacial score (nSPS) is 18.6. The number of nitrogens with one attached hydrogen (secondary N) is 8. The minimum atomic E-state index is -0.217. The fraction of sp³-hybridized carbons (Fsp3) is 0.380. The van der Waals surface area contributed by atoms with Gasteiger partial charge in [-0.05, 0) is 152 Å². The fourth-order valence-corrected chi connectivity index (χ4v) is 12.5. The van der Waals surface area contributed by atoms with Crippen molar-refractivity contribution in [1.29, 1.82) is 0 Å². The van der Waals surface area contributed by atoms with Crippen LogP contribution in [0.1, 0.15) is 106 Å². The van der Waals surface area contributed by atoms with Crippen molar-refractivity contribution in [3.05, 3.63) is 167 Å². The number of carbonyl (C=O) groups is 4. The number of rotatable bonds is 17. The number of anilines is 4. The molecule has 0 bridgehead atoms. The fourth-order valence-electron chi connectivity index (χ4n) is 11.9. The van der Waals surface area contributed by atoms with E-state index in [1.165, 1.54) is 38.4 Å². The molecule has 4 fully saturated rings.